The fourth-order valence-electron chi connectivity index (χ4n) is 1.63. The van der Waals surface area contributed by atoms with Crippen LogP contribution < -0.4 is 0 Å². The van der Waals surface area contributed by atoms with E-state index in [9.17, 15) is 4.79 Å². The quantitative estimate of drug-likeness (QED) is 0.407. The second-order valence-electron chi connectivity index (χ2n) is 4.01. The highest BCUT2D eigenvalue weighted by atomic mass is 16.1. The number of carbonyl (C=O) groups is 1. The van der Waals surface area contributed by atoms with Crippen LogP contribution in [0.15, 0.2) is 53.6 Å². The summed E-state index contributed by atoms with van der Waals surface area (Å²) in [7, 11) is 0. The highest BCUT2D eigenvalue weighted by molar-refractivity contribution is 5.74. The predicted octanol–water partition coefficient (Wildman–Crippen LogP) is 4.10. The van der Waals surface area contributed by atoms with E-state index >= 15 is 0 Å². The van der Waals surface area contributed by atoms with Crippen molar-refractivity contribution < 1.29 is 4.79 Å². The van der Waals surface area contributed by atoms with Crippen molar-refractivity contribution in [3.05, 3.63) is 59.2 Å². The highest BCUT2D eigenvalue weighted by Crippen LogP contribution is 2.10. The molecule has 0 aliphatic heterocycles. The number of benzene rings is 1. The van der Waals surface area contributed by atoms with Crippen molar-refractivity contribution in [2.45, 2.75) is 33.1 Å². The summed E-state index contributed by atoms with van der Waals surface area (Å²) in [6.07, 6.45) is 7.85. The van der Waals surface area contributed by atoms with E-state index in [1.807, 2.05) is 31.2 Å². The summed E-state index contributed by atoms with van der Waals surface area (Å²) in [4.78, 5) is 10.8. The Morgan fingerprint density at radius 1 is 1.06 bits per heavy atom. The lowest BCUT2D eigenvalue weighted by atomic mass is 10.0. The van der Waals surface area contributed by atoms with Gasteiger partial charge in [-0.2, -0.15) is 0 Å². The zero-order valence-corrected chi connectivity index (χ0v) is 10.6. The molecule has 0 radical (unpaired) electrons. The van der Waals surface area contributed by atoms with Crippen LogP contribution >= 0.6 is 0 Å². The Balaban J connectivity index is 2.74. The third-order valence-electron chi connectivity index (χ3n) is 2.78. The van der Waals surface area contributed by atoms with E-state index in [0.29, 0.717) is 0 Å². The van der Waals surface area contributed by atoms with Crippen molar-refractivity contribution in [2.75, 3.05) is 0 Å². The number of aldehydes is 1. The molecular formula is C16H20O. The lowest BCUT2D eigenvalue weighted by Gasteiger charge is -2.01. The maximum Gasteiger partial charge on any atom is 0.146 e. The molecule has 0 saturated heterocycles. The van der Waals surface area contributed by atoms with Gasteiger partial charge in [-0.1, -0.05) is 61.9 Å². The molecule has 1 heteroatoms. The number of hydrogen-bond donors (Lipinski definition) is 0. The van der Waals surface area contributed by atoms with E-state index in [1.165, 1.54) is 11.1 Å². The molecule has 0 aromatic heterocycles. The molecule has 0 amide bonds. The molecule has 0 spiro atoms. The van der Waals surface area contributed by atoms with Crippen molar-refractivity contribution in [1.29, 1.82) is 0 Å². The Kier molecular flexibility index (Phi) is 6.02. The molecule has 1 rings (SSSR count). The normalized spacial score (nSPS) is 12.6. The average molecular weight is 228 g/mol. The Morgan fingerprint density at radius 2 is 1.71 bits per heavy atom. The maximum atomic E-state index is 10.8. The number of allylic oxidation sites excluding steroid dienone is 4. The zero-order chi connectivity index (χ0) is 12.5. The summed E-state index contributed by atoms with van der Waals surface area (Å²) in [6.45, 7) is 4.12. The molecule has 90 valence electrons. The van der Waals surface area contributed by atoms with E-state index in [-0.39, 0.29) is 0 Å². The third kappa shape index (κ3) is 4.81. The third-order valence-corrected chi connectivity index (χ3v) is 2.78. The molecular weight excluding hydrogens is 208 g/mol. The van der Waals surface area contributed by atoms with Gasteiger partial charge in [0.1, 0.15) is 6.29 Å². The monoisotopic (exact) mass is 228 g/mol. The van der Waals surface area contributed by atoms with Crippen LogP contribution in [0.5, 0.6) is 0 Å². The van der Waals surface area contributed by atoms with Gasteiger partial charge in [0.2, 0.25) is 0 Å². The van der Waals surface area contributed by atoms with E-state index in [1.54, 1.807) is 0 Å². The van der Waals surface area contributed by atoms with Gasteiger partial charge in [-0.15, -0.1) is 0 Å². The minimum absolute atomic E-state index is 0.798. The van der Waals surface area contributed by atoms with Gasteiger partial charge in [0.25, 0.3) is 0 Å². The van der Waals surface area contributed by atoms with Crippen LogP contribution in [0.1, 0.15) is 32.3 Å². The van der Waals surface area contributed by atoms with Crippen molar-refractivity contribution in [3.63, 3.8) is 0 Å². The van der Waals surface area contributed by atoms with Crippen LogP contribution in [0.4, 0.5) is 0 Å². The molecule has 1 aromatic carbocycles. The Hall–Kier alpha value is -1.63. The highest BCUT2D eigenvalue weighted by Gasteiger charge is 1.95. The van der Waals surface area contributed by atoms with E-state index in [4.69, 9.17) is 0 Å². The second kappa shape index (κ2) is 7.61. The van der Waals surface area contributed by atoms with Gasteiger partial charge in [-0.3, -0.25) is 4.79 Å². The van der Waals surface area contributed by atoms with Crippen LogP contribution in [-0.2, 0) is 11.2 Å². The largest absolute Gasteiger partial charge is 0.298 e. The molecule has 0 atom stereocenters. The summed E-state index contributed by atoms with van der Waals surface area (Å²) < 4.78 is 0. The fraction of sp³-hybridized carbons (Fsp3) is 0.312. The molecule has 0 N–H and O–H groups in total. The number of carbonyl (C=O) groups excluding carboxylic acids is 1. The Morgan fingerprint density at radius 3 is 2.24 bits per heavy atom. The van der Waals surface area contributed by atoms with E-state index in [2.05, 4.69) is 25.1 Å². The average Bonchev–Trinajstić information content (AvgIpc) is 2.40. The fourth-order valence-corrected chi connectivity index (χ4v) is 1.63. The zero-order valence-electron chi connectivity index (χ0n) is 10.6. The SMILES string of the molecule is CC/C(C=O)=C\C(=C\Cc1ccccc1)CC. The molecule has 0 aliphatic rings. The van der Waals surface area contributed by atoms with Gasteiger partial charge < -0.3 is 0 Å². The number of rotatable bonds is 6. The van der Waals surface area contributed by atoms with Crippen molar-refractivity contribution in [1.82, 2.24) is 0 Å². The molecule has 0 aliphatic carbocycles. The van der Waals surface area contributed by atoms with Crippen molar-refractivity contribution in [2.24, 2.45) is 0 Å². The van der Waals surface area contributed by atoms with Gasteiger partial charge in [0.05, 0.1) is 0 Å². The standard InChI is InChI=1S/C16H20O/c1-3-14(12-15(4-2)13-17)10-11-16-8-6-5-7-9-16/h5-10,12-13H,3-4,11H2,1-2H3/b14-10+,15-12+. The second-order valence-corrected chi connectivity index (χ2v) is 4.01. The summed E-state index contributed by atoms with van der Waals surface area (Å²) in [6, 6.07) is 10.4. The van der Waals surface area contributed by atoms with Gasteiger partial charge in [-0.05, 0) is 30.4 Å². The topological polar surface area (TPSA) is 17.1 Å². The molecule has 0 fully saturated rings. The molecule has 1 aromatic rings. The minimum Gasteiger partial charge on any atom is -0.298 e. The lowest BCUT2D eigenvalue weighted by molar-refractivity contribution is -0.105. The summed E-state index contributed by atoms with van der Waals surface area (Å²) >= 11 is 0. The van der Waals surface area contributed by atoms with E-state index < -0.39 is 0 Å². The van der Waals surface area contributed by atoms with E-state index in [0.717, 1.165) is 31.1 Å². The Labute approximate surface area is 104 Å². The van der Waals surface area contributed by atoms with Gasteiger partial charge in [0, 0.05) is 0 Å². The lowest BCUT2D eigenvalue weighted by Crippen LogP contribution is -1.87. The van der Waals surface area contributed by atoms with Gasteiger partial charge in [0.15, 0.2) is 0 Å². The van der Waals surface area contributed by atoms with Crippen LogP contribution in [-0.4, -0.2) is 6.29 Å². The van der Waals surface area contributed by atoms with Crippen LogP contribution in [0.3, 0.4) is 0 Å². The van der Waals surface area contributed by atoms with Crippen LogP contribution in [0.2, 0.25) is 0 Å². The first-order valence-corrected chi connectivity index (χ1v) is 6.18. The minimum atomic E-state index is 0.798. The molecule has 1 nitrogen and oxygen atoms in total. The van der Waals surface area contributed by atoms with Gasteiger partial charge >= 0.3 is 0 Å². The smallest absolute Gasteiger partial charge is 0.146 e. The first-order chi connectivity index (χ1) is 8.30. The summed E-state index contributed by atoms with van der Waals surface area (Å²) in [5.74, 6) is 0. The Bertz CT molecular complexity index is 399. The molecule has 0 unspecified atom stereocenters. The van der Waals surface area contributed by atoms with Crippen LogP contribution in [0.25, 0.3) is 0 Å². The maximum absolute atomic E-state index is 10.8. The molecule has 0 saturated carbocycles. The van der Waals surface area contributed by atoms with Gasteiger partial charge in [-0.25, -0.2) is 0 Å². The van der Waals surface area contributed by atoms with Crippen LogP contribution in [0, 0.1) is 0 Å². The molecule has 0 heterocycles. The number of hydrogen-bond acceptors (Lipinski definition) is 1. The predicted molar refractivity (Wildman–Crippen MR) is 73.0 cm³/mol. The first kappa shape index (κ1) is 13.4. The van der Waals surface area contributed by atoms with Crippen molar-refractivity contribution >= 4 is 6.29 Å². The van der Waals surface area contributed by atoms with Crippen molar-refractivity contribution in [3.8, 4) is 0 Å². The molecule has 17 heavy (non-hydrogen) atoms. The summed E-state index contributed by atoms with van der Waals surface area (Å²) in [5.41, 5.74) is 3.40. The first-order valence-electron chi connectivity index (χ1n) is 6.18. The summed E-state index contributed by atoms with van der Waals surface area (Å²) in [5, 5.41) is 0. The molecule has 0 bridgehead atoms.